The van der Waals surface area contributed by atoms with Crippen LogP contribution in [-0.4, -0.2) is 30.9 Å². The van der Waals surface area contributed by atoms with Crippen molar-refractivity contribution in [3.05, 3.63) is 51.5 Å². The second kappa shape index (κ2) is 8.48. The zero-order chi connectivity index (χ0) is 19.3. The minimum absolute atomic E-state index is 0.365. The van der Waals surface area contributed by atoms with Gasteiger partial charge in [-0.3, -0.25) is 9.59 Å². The number of aryl methyl sites for hydroxylation is 1. The lowest BCUT2D eigenvalue weighted by molar-refractivity contribution is -0.126. The highest BCUT2D eigenvalue weighted by Gasteiger charge is 2.17. The Bertz CT molecular complexity index is 854. The molecule has 0 saturated carbocycles. The highest BCUT2D eigenvalue weighted by Crippen LogP contribution is 2.19. The van der Waals surface area contributed by atoms with Crippen molar-refractivity contribution in [3.63, 3.8) is 0 Å². The summed E-state index contributed by atoms with van der Waals surface area (Å²) in [5, 5.41) is 5.84. The smallest absolute Gasteiger partial charge is 0.349 e. The first kappa shape index (κ1) is 19.4. The SMILES string of the molecule is Cc1ccsc1C(=O)OCC(=O)NCC(=O)Nc1ccc(F)c(F)c1F. The number of amides is 2. The molecule has 0 aliphatic heterocycles. The van der Waals surface area contributed by atoms with Crippen LogP contribution in [0.25, 0.3) is 0 Å². The average molecular weight is 386 g/mol. The third-order valence-corrected chi connectivity index (χ3v) is 4.13. The normalized spacial score (nSPS) is 10.3. The first-order chi connectivity index (χ1) is 12.3. The van der Waals surface area contributed by atoms with Crippen LogP contribution in [0.1, 0.15) is 15.2 Å². The molecule has 2 aromatic rings. The molecular weight excluding hydrogens is 373 g/mol. The highest BCUT2D eigenvalue weighted by atomic mass is 32.1. The fourth-order valence-corrected chi connectivity index (χ4v) is 2.64. The first-order valence-corrected chi connectivity index (χ1v) is 8.08. The Kier molecular flexibility index (Phi) is 6.34. The third kappa shape index (κ3) is 4.82. The van der Waals surface area contributed by atoms with Crippen LogP contribution < -0.4 is 10.6 Å². The summed E-state index contributed by atoms with van der Waals surface area (Å²) < 4.78 is 44.1. The van der Waals surface area contributed by atoms with Gasteiger partial charge in [0.25, 0.3) is 5.91 Å². The van der Waals surface area contributed by atoms with Crippen LogP contribution in [0, 0.1) is 24.4 Å². The van der Waals surface area contributed by atoms with Crippen molar-refractivity contribution in [1.29, 1.82) is 0 Å². The molecule has 0 unspecified atom stereocenters. The lowest BCUT2D eigenvalue weighted by atomic mass is 10.2. The van der Waals surface area contributed by atoms with Gasteiger partial charge in [-0.05, 0) is 36.1 Å². The van der Waals surface area contributed by atoms with Gasteiger partial charge >= 0.3 is 5.97 Å². The molecule has 0 radical (unpaired) electrons. The maximum atomic E-state index is 13.4. The van der Waals surface area contributed by atoms with E-state index in [1.807, 2.05) is 5.32 Å². The van der Waals surface area contributed by atoms with E-state index in [0.717, 1.165) is 6.07 Å². The van der Waals surface area contributed by atoms with E-state index in [9.17, 15) is 27.6 Å². The molecule has 26 heavy (non-hydrogen) atoms. The van der Waals surface area contributed by atoms with Crippen molar-refractivity contribution in [3.8, 4) is 0 Å². The number of carbonyl (C=O) groups is 3. The van der Waals surface area contributed by atoms with Gasteiger partial charge in [0.05, 0.1) is 12.2 Å². The summed E-state index contributed by atoms with van der Waals surface area (Å²) in [6.07, 6.45) is 0. The van der Waals surface area contributed by atoms with E-state index in [0.29, 0.717) is 16.5 Å². The number of anilines is 1. The molecule has 10 heteroatoms. The highest BCUT2D eigenvalue weighted by molar-refractivity contribution is 7.12. The summed E-state index contributed by atoms with van der Waals surface area (Å²) in [7, 11) is 0. The molecule has 2 N–H and O–H groups in total. The van der Waals surface area contributed by atoms with E-state index >= 15 is 0 Å². The minimum Gasteiger partial charge on any atom is -0.451 e. The van der Waals surface area contributed by atoms with E-state index in [2.05, 4.69) is 5.32 Å². The molecule has 0 saturated heterocycles. The van der Waals surface area contributed by atoms with Gasteiger partial charge in [-0.1, -0.05) is 0 Å². The number of hydrogen-bond acceptors (Lipinski definition) is 5. The Balaban J connectivity index is 1.78. The van der Waals surface area contributed by atoms with E-state index < -0.39 is 54.1 Å². The second-order valence-corrected chi connectivity index (χ2v) is 5.97. The summed E-state index contributed by atoms with van der Waals surface area (Å²) in [5.74, 6) is -6.96. The monoisotopic (exact) mass is 386 g/mol. The lowest BCUT2D eigenvalue weighted by Gasteiger charge is -2.09. The molecule has 0 bridgehead atoms. The van der Waals surface area contributed by atoms with Crippen molar-refractivity contribution in [2.75, 3.05) is 18.5 Å². The molecule has 0 aliphatic rings. The summed E-state index contributed by atoms with van der Waals surface area (Å²) >= 11 is 1.17. The number of benzene rings is 1. The molecule has 2 rings (SSSR count). The molecule has 0 atom stereocenters. The van der Waals surface area contributed by atoms with Gasteiger partial charge in [-0.15, -0.1) is 11.3 Å². The predicted octanol–water partition coefficient (Wildman–Crippen LogP) is 2.39. The lowest BCUT2D eigenvalue weighted by Crippen LogP contribution is -2.35. The molecule has 1 heterocycles. The van der Waals surface area contributed by atoms with Gasteiger partial charge in [0.1, 0.15) is 4.88 Å². The van der Waals surface area contributed by atoms with Crippen LogP contribution in [-0.2, 0) is 14.3 Å². The quantitative estimate of drug-likeness (QED) is 0.590. The van der Waals surface area contributed by atoms with Gasteiger partial charge < -0.3 is 15.4 Å². The van der Waals surface area contributed by atoms with Gasteiger partial charge in [0.2, 0.25) is 5.91 Å². The Morgan fingerprint density at radius 2 is 1.81 bits per heavy atom. The summed E-state index contributed by atoms with van der Waals surface area (Å²) in [5.41, 5.74) is 0.149. The van der Waals surface area contributed by atoms with Gasteiger partial charge in [-0.2, -0.15) is 0 Å². The molecule has 0 aliphatic carbocycles. The number of hydrogen-bond donors (Lipinski definition) is 2. The number of esters is 1. The van der Waals surface area contributed by atoms with Crippen molar-refractivity contribution in [2.45, 2.75) is 6.92 Å². The molecule has 138 valence electrons. The standard InChI is InChI=1S/C16H13F3N2O4S/c1-8-4-5-26-15(8)16(24)25-7-12(23)20-6-11(22)21-10-3-2-9(17)13(18)14(10)19/h2-5H,6-7H2,1H3,(H,20,23)(H,21,22). The van der Waals surface area contributed by atoms with E-state index in [1.54, 1.807) is 18.4 Å². The fourth-order valence-electron chi connectivity index (χ4n) is 1.83. The van der Waals surface area contributed by atoms with E-state index in [-0.39, 0.29) is 0 Å². The predicted molar refractivity (Wildman–Crippen MR) is 87.3 cm³/mol. The largest absolute Gasteiger partial charge is 0.451 e. The topological polar surface area (TPSA) is 84.5 Å². The summed E-state index contributed by atoms with van der Waals surface area (Å²) in [6.45, 7) is 0.532. The number of ether oxygens (including phenoxy) is 1. The van der Waals surface area contributed by atoms with Crippen LogP contribution in [0.4, 0.5) is 18.9 Å². The van der Waals surface area contributed by atoms with Crippen molar-refractivity contribution in [1.82, 2.24) is 5.32 Å². The van der Waals surface area contributed by atoms with Gasteiger partial charge in [0, 0.05) is 0 Å². The fraction of sp³-hybridized carbons (Fsp3) is 0.188. The number of halogens is 3. The summed E-state index contributed by atoms with van der Waals surface area (Å²) in [6, 6.07) is 3.22. The maximum Gasteiger partial charge on any atom is 0.349 e. The second-order valence-electron chi connectivity index (χ2n) is 5.06. The van der Waals surface area contributed by atoms with Gasteiger partial charge in [-0.25, -0.2) is 18.0 Å². The van der Waals surface area contributed by atoms with Crippen LogP contribution in [0.2, 0.25) is 0 Å². The number of nitrogens with one attached hydrogen (secondary N) is 2. The van der Waals surface area contributed by atoms with E-state index in [1.165, 1.54) is 11.3 Å². The average Bonchev–Trinajstić information content (AvgIpc) is 3.04. The Hall–Kier alpha value is -2.88. The Labute approximate surface area is 150 Å². The number of rotatable bonds is 6. The van der Waals surface area contributed by atoms with Crippen molar-refractivity contribution in [2.24, 2.45) is 0 Å². The maximum absolute atomic E-state index is 13.4. The van der Waals surface area contributed by atoms with Crippen LogP contribution in [0.5, 0.6) is 0 Å². The van der Waals surface area contributed by atoms with Crippen LogP contribution in [0.3, 0.4) is 0 Å². The molecule has 0 spiro atoms. The van der Waals surface area contributed by atoms with Crippen LogP contribution in [0.15, 0.2) is 23.6 Å². The van der Waals surface area contributed by atoms with E-state index in [4.69, 9.17) is 4.74 Å². The molecule has 6 nitrogen and oxygen atoms in total. The Morgan fingerprint density at radius 3 is 2.46 bits per heavy atom. The van der Waals surface area contributed by atoms with Crippen LogP contribution >= 0.6 is 11.3 Å². The number of carbonyl (C=O) groups excluding carboxylic acids is 3. The van der Waals surface area contributed by atoms with Gasteiger partial charge in [0.15, 0.2) is 24.1 Å². The zero-order valence-electron chi connectivity index (χ0n) is 13.4. The zero-order valence-corrected chi connectivity index (χ0v) is 14.2. The molecule has 1 aromatic carbocycles. The number of thiophene rings is 1. The van der Waals surface area contributed by atoms with Crippen molar-refractivity contribution < 1.29 is 32.3 Å². The van der Waals surface area contributed by atoms with Crippen molar-refractivity contribution >= 4 is 34.8 Å². The molecule has 0 fully saturated rings. The molecule has 2 amide bonds. The Morgan fingerprint density at radius 1 is 1.08 bits per heavy atom. The molecular formula is C16H13F3N2O4S. The first-order valence-electron chi connectivity index (χ1n) is 7.21. The molecule has 1 aromatic heterocycles. The summed E-state index contributed by atoms with van der Waals surface area (Å²) in [4.78, 5) is 35.3. The minimum atomic E-state index is -1.72. The third-order valence-electron chi connectivity index (χ3n) is 3.14.